The molecule has 5 heteroatoms. The summed E-state index contributed by atoms with van der Waals surface area (Å²) in [7, 11) is 1.77. The van der Waals surface area contributed by atoms with Crippen LogP contribution in [-0.4, -0.2) is 92.6 Å². The zero-order valence-electron chi connectivity index (χ0n) is 18.0. The number of piperidine rings is 1. The van der Waals surface area contributed by atoms with Crippen LogP contribution in [0.25, 0.3) is 0 Å². The van der Waals surface area contributed by atoms with Gasteiger partial charge in [0.25, 0.3) is 0 Å². The van der Waals surface area contributed by atoms with E-state index in [-0.39, 0.29) is 5.92 Å². The third-order valence-corrected chi connectivity index (χ3v) is 5.63. The Hall–Kier alpha value is -0.490. The number of methoxy groups -OCH3 is 1. The van der Waals surface area contributed by atoms with E-state index in [4.69, 9.17) is 4.74 Å². The summed E-state index contributed by atoms with van der Waals surface area (Å²) in [6, 6.07) is 0.717. The highest BCUT2D eigenvalue weighted by molar-refractivity contribution is 5.82. The van der Waals surface area contributed by atoms with Gasteiger partial charge in [-0.1, -0.05) is 34.1 Å². The quantitative estimate of drug-likeness (QED) is 0.657. The van der Waals surface area contributed by atoms with Crippen LogP contribution in [0.3, 0.4) is 0 Å². The van der Waals surface area contributed by atoms with E-state index in [2.05, 4.69) is 42.4 Å². The van der Waals surface area contributed by atoms with Crippen LogP contribution in [0, 0.1) is 5.92 Å². The first-order valence-electron chi connectivity index (χ1n) is 10.8. The molecule has 2 fully saturated rings. The van der Waals surface area contributed by atoms with E-state index in [1.165, 1.54) is 32.4 Å². The Kier molecular flexibility index (Phi) is 12.4. The van der Waals surface area contributed by atoms with E-state index in [1.807, 2.05) is 0 Å². The summed E-state index contributed by atoms with van der Waals surface area (Å²) in [6.07, 6.45) is 4.64. The number of rotatable bonds is 8. The number of hydrogen-bond acceptors (Lipinski definition) is 5. The van der Waals surface area contributed by atoms with Crippen molar-refractivity contribution in [3.8, 4) is 0 Å². The number of nitrogens with zero attached hydrogens (tertiary/aromatic N) is 3. The van der Waals surface area contributed by atoms with Crippen molar-refractivity contribution in [2.24, 2.45) is 5.92 Å². The van der Waals surface area contributed by atoms with Crippen LogP contribution in [0.5, 0.6) is 0 Å². The zero-order chi connectivity index (χ0) is 19.4. The third-order valence-electron chi connectivity index (χ3n) is 5.63. The summed E-state index contributed by atoms with van der Waals surface area (Å²) in [5, 5.41) is 0. The van der Waals surface area contributed by atoms with Gasteiger partial charge in [0.15, 0.2) is 0 Å². The van der Waals surface area contributed by atoms with E-state index in [1.54, 1.807) is 7.11 Å². The third kappa shape index (κ3) is 8.47. The fourth-order valence-corrected chi connectivity index (χ4v) is 3.62. The minimum Gasteiger partial charge on any atom is -0.383 e. The fourth-order valence-electron chi connectivity index (χ4n) is 3.62. The lowest BCUT2D eigenvalue weighted by molar-refractivity contribution is -0.124. The molecule has 26 heavy (non-hydrogen) atoms. The van der Waals surface area contributed by atoms with E-state index in [9.17, 15) is 4.79 Å². The lowest BCUT2D eigenvalue weighted by atomic mass is 9.99. The standard InChI is InChI=1S/C18H35N3O2.C3H8/c1-4-16(2)18(22)15-20-7-5-17(6-8-20)21-11-9-19(10-12-21)13-14-23-3;1-3-2/h16-17H,4-15H2,1-3H3;3H2,1-2H3. The topological polar surface area (TPSA) is 36.0 Å². The van der Waals surface area contributed by atoms with E-state index >= 15 is 0 Å². The molecule has 0 spiro atoms. The van der Waals surface area contributed by atoms with Gasteiger partial charge in [-0.2, -0.15) is 0 Å². The second kappa shape index (κ2) is 13.6. The lowest BCUT2D eigenvalue weighted by Crippen LogP contribution is -2.54. The normalized spacial score (nSPS) is 21.9. The largest absolute Gasteiger partial charge is 0.383 e. The average molecular weight is 370 g/mol. The molecule has 0 N–H and O–H groups in total. The average Bonchev–Trinajstić information content (AvgIpc) is 2.67. The number of ether oxygens (including phenoxy) is 1. The van der Waals surface area contributed by atoms with Crippen molar-refractivity contribution in [2.75, 3.05) is 66.1 Å². The van der Waals surface area contributed by atoms with Crippen LogP contribution in [0.4, 0.5) is 0 Å². The molecule has 5 nitrogen and oxygen atoms in total. The first kappa shape index (κ1) is 23.5. The van der Waals surface area contributed by atoms with Crippen molar-refractivity contribution in [1.82, 2.24) is 14.7 Å². The predicted molar refractivity (Wildman–Crippen MR) is 110 cm³/mol. The molecule has 154 valence electrons. The summed E-state index contributed by atoms with van der Waals surface area (Å²) >= 11 is 0. The molecule has 1 atom stereocenters. The first-order valence-corrected chi connectivity index (χ1v) is 10.8. The summed E-state index contributed by atoms with van der Waals surface area (Å²) in [4.78, 5) is 19.6. The predicted octanol–water partition coefficient (Wildman–Crippen LogP) is 2.75. The molecule has 0 amide bonds. The van der Waals surface area contributed by atoms with Gasteiger partial charge in [-0.3, -0.25) is 19.5 Å². The Balaban J connectivity index is 0.00000105. The van der Waals surface area contributed by atoms with E-state index < -0.39 is 0 Å². The van der Waals surface area contributed by atoms with Crippen molar-refractivity contribution in [3.05, 3.63) is 0 Å². The summed E-state index contributed by atoms with van der Waals surface area (Å²) in [5.74, 6) is 0.630. The van der Waals surface area contributed by atoms with Crippen LogP contribution >= 0.6 is 0 Å². The molecule has 0 aromatic rings. The lowest BCUT2D eigenvalue weighted by Gasteiger charge is -2.42. The number of ketones is 1. The van der Waals surface area contributed by atoms with Gasteiger partial charge in [-0.05, 0) is 19.3 Å². The maximum Gasteiger partial charge on any atom is 0.149 e. The van der Waals surface area contributed by atoms with Crippen molar-refractivity contribution in [2.45, 2.75) is 59.4 Å². The Morgan fingerprint density at radius 1 is 1.00 bits per heavy atom. The van der Waals surface area contributed by atoms with Crippen molar-refractivity contribution in [1.29, 1.82) is 0 Å². The fraction of sp³-hybridized carbons (Fsp3) is 0.952. The zero-order valence-corrected chi connectivity index (χ0v) is 18.0. The molecule has 2 aliphatic rings. The maximum absolute atomic E-state index is 12.1. The van der Waals surface area contributed by atoms with Crippen molar-refractivity contribution >= 4 is 5.78 Å². The van der Waals surface area contributed by atoms with Crippen LogP contribution < -0.4 is 0 Å². The van der Waals surface area contributed by atoms with Gasteiger partial charge in [0.1, 0.15) is 5.78 Å². The molecule has 2 saturated heterocycles. The number of likely N-dealkylation sites (tertiary alicyclic amines) is 1. The molecule has 1 unspecified atom stereocenters. The molecule has 2 rings (SSSR count). The Labute approximate surface area is 162 Å². The SMILES string of the molecule is CCC.CCC(C)C(=O)CN1CCC(N2CCN(CCOC)CC2)CC1. The van der Waals surface area contributed by atoms with E-state index in [0.29, 0.717) is 12.3 Å². The monoisotopic (exact) mass is 369 g/mol. The number of hydrogen-bond donors (Lipinski definition) is 0. The number of piperazine rings is 1. The number of carbonyl (C=O) groups is 1. The number of Topliss-reactive ketones (excluding diaryl/α,β-unsaturated/α-hetero) is 1. The van der Waals surface area contributed by atoms with Gasteiger partial charge in [0.2, 0.25) is 0 Å². The molecule has 0 aliphatic carbocycles. The second-order valence-corrected chi connectivity index (χ2v) is 7.86. The molecule has 0 radical (unpaired) electrons. The van der Waals surface area contributed by atoms with E-state index in [0.717, 1.165) is 51.8 Å². The molecular formula is C21H43N3O2. The highest BCUT2D eigenvalue weighted by atomic mass is 16.5. The van der Waals surface area contributed by atoms with Gasteiger partial charge >= 0.3 is 0 Å². The van der Waals surface area contributed by atoms with Crippen LogP contribution in [0.1, 0.15) is 53.4 Å². The molecule has 0 saturated carbocycles. The van der Waals surface area contributed by atoms with Gasteiger partial charge in [-0.15, -0.1) is 0 Å². The molecule has 0 bridgehead atoms. The van der Waals surface area contributed by atoms with Gasteiger partial charge < -0.3 is 4.74 Å². The first-order chi connectivity index (χ1) is 12.5. The molecular weight excluding hydrogens is 326 g/mol. The second-order valence-electron chi connectivity index (χ2n) is 7.86. The number of carbonyl (C=O) groups excluding carboxylic acids is 1. The molecule has 2 heterocycles. The smallest absolute Gasteiger partial charge is 0.149 e. The van der Waals surface area contributed by atoms with Crippen LogP contribution in [0.15, 0.2) is 0 Å². The van der Waals surface area contributed by atoms with Gasteiger partial charge in [0, 0.05) is 64.9 Å². The minimum atomic E-state index is 0.216. The summed E-state index contributed by atoms with van der Waals surface area (Å²) in [5.41, 5.74) is 0. The highest BCUT2D eigenvalue weighted by Crippen LogP contribution is 2.19. The Bertz CT molecular complexity index is 362. The van der Waals surface area contributed by atoms with Gasteiger partial charge in [0.05, 0.1) is 13.2 Å². The van der Waals surface area contributed by atoms with Crippen LogP contribution in [-0.2, 0) is 9.53 Å². The van der Waals surface area contributed by atoms with Gasteiger partial charge in [-0.25, -0.2) is 0 Å². The minimum absolute atomic E-state index is 0.216. The molecule has 0 aromatic carbocycles. The Morgan fingerprint density at radius 2 is 1.58 bits per heavy atom. The highest BCUT2D eigenvalue weighted by Gasteiger charge is 2.28. The van der Waals surface area contributed by atoms with Crippen molar-refractivity contribution in [3.63, 3.8) is 0 Å². The van der Waals surface area contributed by atoms with Crippen molar-refractivity contribution < 1.29 is 9.53 Å². The molecule has 0 aromatic heterocycles. The summed E-state index contributed by atoms with van der Waals surface area (Å²) < 4.78 is 5.17. The Morgan fingerprint density at radius 3 is 2.08 bits per heavy atom. The maximum atomic E-state index is 12.1. The molecule has 2 aliphatic heterocycles. The van der Waals surface area contributed by atoms with Crippen LogP contribution in [0.2, 0.25) is 0 Å². The summed E-state index contributed by atoms with van der Waals surface area (Å²) in [6.45, 7) is 17.8.